The van der Waals surface area contributed by atoms with Crippen LogP contribution < -0.4 is 10.1 Å². The second-order valence-electron chi connectivity index (χ2n) is 5.92. The van der Waals surface area contributed by atoms with E-state index in [-0.39, 0.29) is 17.9 Å². The lowest BCUT2D eigenvalue weighted by atomic mass is 9.87. The molecule has 1 aromatic carbocycles. The topological polar surface area (TPSA) is 64.1 Å². The predicted molar refractivity (Wildman–Crippen MR) is 95.6 cm³/mol. The minimum absolute atomic E-state index is 0.0509. The van der Waals surface area contributed by atoms with Gasteiger partial charge in [-0.25, -0.2) is 0 Å². The first-order valence-corrected chi connectivity index (χ1v) is 9.18. The van der Waals surface area contributed by atoms with E-state index < -0.39 is 0 Å². The standard InChI is InChI=1S/C16H21N3O2S2/c1-5-22-15-19-18-14(23-15)17-13(20)10-21-12-8-6-11(7-9-12)16(2,3)4/h6-9H,5,10H2,1-4H3,(H,17,18,20). The van der Waals surface area contributed by atoms with Gasteiger partial charge in [0.2, 0.25) is 5.13 Å². The molecule has 23 heavy (non-hydrogen) atoms. The quantitative estimate of drug-likeness (QED) is 0.630. The Bertz CT molecular complexity index is 648. The van der Waals surface area contributed by atoms with Gasteiger partial charge >= 0.3 is 0 Å². The lowest BCUT2D eigenvalue weighted by molar-refractivity contribution is -0.118. The first kappa shape index (κ1) is 17.7. The van der Waals surface area contributed by atoms with E-state index >= 15 is 0 Å². The van der Waals surface area contributed by atoms with Crippen molar-refractivity contribution < 1.29 is 9.53 Å². The highest BCUT2D eigenvalue weighted by Gasteiger charge is 2.13. The monoisotopic (exact) mass is 351 g/mol. The van der Waals surface area contributed by atoms with Crippen molar-refractivity contribution in [2.45, 2.75) is 37.4 Å². The molecular weight excluding hydrogens is 330 g/mol. The molecular formula is C16H21N3O2S2. The number of thioether (sulfide) groups is 1. The zero-order chi connectivity index (χ0) is 16.9. The second-order valence-corrected chi connectivity index (χ2v) is 8.41. The fourth-order valence-electron chi connectivity index (χ4n) is 1.80. The number of benzene rings is 1. The number of amides is 1. The molecule has 124 valence electrons. The van der Waals surface area contributed by atoms with E-state index in [0.29, 0.717) is 10.9 Å². The Morgan fingerprint density at radius 1 is 1.26 bits per heavy atom. The van der Waals surface area contributed by atoms with Crippen LogP contribution in [0.2, 0.25) is 0 Å². The van der Waals surface area contributed by atoms with E-state index in [1.54, 1.807) is 11.8 Å². The summed E-state index contributed by atoms with van der Waals surface area (Å²) in [5.41, 5.74) is 1.33. The molecule has 0 atom stereocenters. The number of nitrogens with one attached hydrogen (secondary N) is 1. The molecule has 0 bridgehead atoms. The summed E-state index contributed by atoms with van der Waals surface area (Å²) in [5.74, 6) is 1.36. The third-order valence-electron chi connectivity index (χ3n) is 3.01. The van der Waals surface area contributed by atoms with Crippen molar-refractivity contribution in [2.75, 3.05) is 17.7 Å². The van der Waals surface area contributed by atoms with Gasteiger partial charge < -0.3 is 4.74 Å². The highest BCUT2D eigenvalue weighted by molar-refractivity contribution is 8.01. The van der Waals surface area contributed by atoms with Gasteiger partial charge in [0.25, 0.3) is 5.91 Å². The Morgan fingerprint density at radius 2 is 1.96 bits per heavy atom. The first-order chi connectivity index (χ1) is 10.9. The number of carbonyl (C=O) groups excluding carboxylic acids is 1. The minimum Gasteiger partial charge on any atom is -0.484 e. The summed E-state index contributed by atoms with van der Waals surface area (Å²) in [6, 6.07) is 7.81. The zero-order valence-corrected chi connectivity index (χ0v) is 15.4. The molecule has 0 saturated heterocycles. The summed E-state index contributed by atoms with van der Waals surface area (Å²) in [6.45, 7) is 8.46. The van der Waals surface area contributed by atoms with E-state index in [4.69, 9.17) is 4.74 Å². The molecule has 0 fully saturated rings. The molecule has 1 amide bonds. The van der Waals surface area contributed by atoms with Crippen molar-refractivity contribution in [1.82, 2.24) is 10.2 Å². The van der Waals surface area contributed by atoms with Crippen LogP contribution in [0.5, 0.6) is 5.75 Å². The van der Waals surface area contributed by atoms with Crippen molar-refractivity contribution >= 4 is 34.1 Å². The summed E-state index contributed by atoms with van der Waals surface area (Å²) in [7, 11) is 0. The van der Waals surface area contributed by atoms with Crippen molar-refractivity contribution in [1.29, 1.82) is 0 Å². The lowest BCUT2D eigenvalue weighted by Gasteiger charge is -2.19. The van der Waals surface area contributed by atoms with E-state index in [2.05, 4.69) is 36.3 Å². The fraction of sp³-hybridized carbons (Fsp3) is 0.438. The maximum absolute atomic E-state index is 11.9. The van der Waals surface area contributed by atoms with Gasteiger partial charge in [-0.3, -0.25) is 10.1 Å². The number of hydrogen-bond acceptors (Lipinski definition) is 6. The Morgan fingerprint density at radius 3 is 2.57 bits per heavy atom. The molecule has 0 unspecified atom stereocenters. The van der Waals surface area contributed by atoms with Gasteiger partial charge in [-0.15, -0.1) is 10.2 Å². The fourth-order valence-corrected chi connectivity index (χ4v) is 3.46. The summed E-state index contributed by atoms with van der Waals surface area (Å²) in [4.78, 5) is 11.9. The number of anilines is 1. The van der Waals surface area contributed by atoms with E-state index in [9.17, 15) is 4.79 Å². The van der Waals surface area contributed by atoms with E-state index in [1.807, 2.05) is 31.2 Å². The summed E-state index contributed by atoms with van der Waals surface area (Å²) in [5, 5.41) is 11.1. The van der Waals surface area contributed by atoms with Crippen LogP contribution in [0.4, 0.5) is 5.13 Å². The van der Waals surface area contributed by atoms with Crippen LogP contribution in [0.1, 0.15) is 33.3 Å². The average molecular weight is 351 g/mol. The molecule has 0 aliphatic carbocycles. The number of ether oxygens (including phenoxy) is 1. The molecule has 0 saturated carbocycles. The molecule has 1 N–H and O–H groups in total. The second kappa shape index (κ2) is 7.79. The van der Waals surface area contributed by atoms with E-state index in [0.717, 1.165) is 10.1 Å². The summed E-state index contributed by atoms with van der Waals surface area (Å²) >= 11 is 2.96. The number of aromatic nitrogens is 2. The van der Waals surface area contributed by atoms with Crippen LogP contribution in [0.15, 0.2) is 28.6 Å². The molecule has 5 nitrogen and oxygen atoms in total. The Labute approximate surface area is 144 Å². The van der Waals surface area contributed by atoms with Gasteiger partial charge in [-0.1, -0.05) is 62.9 Å². The van der Waals surface area contributed by atoms with E-state index in [1.165, 1.54) is 16.9 Å². The van der Waals surface area contributed by atoms with Crippen molar-refractivity contribution in [3.05, 3.63) is 29.8 Å². The number of rotatable bonds is 6. The highest BCUT2D eigenvalue weighted by Crippen LogP contribution is 2.25. The number of carbonyl (C=O) groups is 1. The Balaban J connectivity index is 1.84. The number of hydrogen-bond donors (Lipinski definition) is 1. The molecule has 0 aliphatic rings. The van der Waals surface area contributed by atoms with Crippen LogP contribution in [-0.4, -0.2) is 28.5 Å². The van der Waals surface area contributed by atoms with Gasteiger partial charge in [0.05, 0.1) is 0 Å². The van der Waals surface area contributed by atoms with Gasteiger partial charge in [-0.2, -0.15) is 0 Å². The van der Waals surface area contributed by atoms with Crippen LogP contribution in [-0.2, 0) is 10.2 Å². The molecule has 1 aromatic heterocycles. The smallest absolute Gasteiger partial charge is 0.264 e. The third kappa shape index (κ3) is 5.51. The summed E-state index contributed by atoms with van der Waals surface area (Å²) in [6.07, 6.45) is 0. The van der Waals surface area contributed by atoms with Crippen LogP contribution in [0.3, 0.4) is 0 Å². The molecule has 1 heterocycles. The molecule has 0 radical (unpaired) electrons. The van der Waals surface area contributed by atoms with Crippen LogP contribution >= 0.6 is 23.1 Å². The normalized spacial score (nSPS) is 11.3. The van der Waals surface area contributed by atoms with Crippen molar-refractivity contribution in [3.8, 4) is 5.75 Å². The van der Waals surface area contributed by atoms with Gasteiger partial charge in [0.1, 0.15) is 5.75 Å². The van der Waals surface area contributed by atoms with Gasteiger partial charge in [0, 0.05) is 0 Å². The molecule has 2 rings (SSSR count). The van der Waals surface area contributed by atoms with Crippen LogP contribution in [0, 0.1) is 0 Å². The SMILES string of the molecule is CCSc1nnc(NC(=O)COc2ccc(C(C)(C)C)cc2)s1. The maximum Gasteiger partial charge on any atom is 0.264 e. The zero-order valence-electron chi connectivity index (χ0n) is 13.8. The van der Waals surface area contributed by atoms with Crippen molar-refractivity contribution in [3.63, 3.8) is 0 Å². The molecule has 0 aliphatic heterocycles. The molecule has 0 spiro atoms. The number of nitrogens with zero attached hydrogens (tertiary/aromatic N) is 2. The van der Waals surface area contributed by atoms with Crippen molar-refractivity contribution in [2.24, 2.45) is 0 Å². The molecule has 2 aromatic rings. The van der Waals surface area contributed by atoms with Gasteiger partial charge in [-0.05, 0) is 28.9 Å². The minimum atomic E-state index is -0.242. The third-order valence-corrected chi connectivity index (χ3v) is 4.87. The average Bonchev–Trinajstić information content (AvgIpc) is 2.92. The largest absolute Gasteiger partial charge is 0.484 e. The highest BCUT2D eigenvalue weighted by atomic mass is 32.2. The first-order valence-electron chi connectivity index (χ1n) is 7.38. The summed E-state index contributed by atoms with van der Waals surface area (Å²) < 4.78 is 6.35. The Kier molecular flexibility index (Phi) is 6.01. The predicted octanol–water partition coefficient (Wildman–Crippen LogP) is 3.97. The lowest BCUT2D eigenvalue weighted by Crippen LogP contribution is -2.20. The Hall–Kier alpha value is -1.60. The van der Waals surface area contributed by atoms with Crippen LogP contribution in [0.25, 0.3) is 0 Å². The molecule has 7 heteroatoms. The maximum atomic E-state index is 11.9. The van der Waals surface area contributed by atoms with Gasteiger partial charge in [0.15, 0.2) is 10.9 Å².